The van der Waals surface area contributed by atoms with Crippen molar-refractivity contribution in [3.63, 3.8) is 0 Å². The van der Waals surface area contributed by atoms with Crippen molar-refractivity contribution in [2.45, 2.75) is 51.4 Å². The van der Waals surface area contributed by atoms with Gasteiger partial charge in [-0.15, -0.1) is 11.3 Å². The third-order valence-electron chi connectivity index (χ3n) is 3.41. The third-order valence-corrected chi connectivity index (χ3v) is 4.47. The van der Waals surface area contributed by atoms with Gasteiger partial charge in [-0.3, -0.25) is 0 Å². The number of nitrogens with two attached hydrogens (primary N) is 1. The van der Waals surface area contributed by atoms with Gasteiger partial charge in [-0.05, 0) is 38.3 Å². The summed E-state index contributed by atoms with van der Waals surface area (Å²) in [7, 11) is 0. The van der Waals surface area contributed by atoms with Gasteiger partial charge in [-0.25, -0.2) is 0 Å². The fourth-order valence-electron chi connectivity index (χ4n) is 2.22. The van der Waals surface area contributed by atoms with Gasteiger partial charge in [0.1, 0.15) is 6.10 Å². The highest BCUT2D eigenvalue weighted by molar-refractivity contribution is 7.12. The summed E-state index contributed by atoms with van der Waals surface area (Å²) in [6, 6.07) is 4.37. The van der Waals surface area contributed by atoms with Crippen LogP contribution in [0.4, 0.5) is 0 Å². The van der Waals surface area contributed by atoms with Gasteiger partial charge < -0.3 is 15.2 Å². The molecule has 2 heterocycles. The second-order valence-electron chi connectivity index (χ2n) is 4.89. The highest BCUT2D eigenvalue weighted by atomic mass is 32.1. The minimum atomic E-state index is 0.0387. The molecule has 18 heavy (non-hydrogen) atoms. The standard InChI is InChI=1S/C14H23NO2S/c1-3-12(15)14(13-5-4-10(2)18-13)17-11-6-8-16-9-7-11/h4-5,11-12,14H,3,6-9,15H2,1-2H3. The Morgan fingerprint density at radius 2 is 2.17 bits per heavy atom. The molecule has 1 saturated heterocycles. The van der Waals surface area contributed by atoms with Crippen molar-refractivity contribution in [2.75, 3.05) is 13.2 Å². The Kier molecular flexibility index (Phi) is 5.18. The summed E-state index contributed by atoms with van der Waals surface area (Å²) in [6.45, 7) is 5.85. The van der Waals surface area contributed by atoms with E-state index in [9.17, 15) is 0 Å². The van der Waals surface area contributed by atoms with Crippen LogP contribution in [0.15, 0.2) is 12.1 Å². The summed E-state index contributed by atoms with van der Waals surface area (Å²) in [5, 5.41) is 0. The molecule has 4 heteroatoms. The molecule has 0 amide bonds. The lowest BCUT2D eigenvalue weighted by Gasteiger charge is -2.30. The second kappa shape index (κ2) is 6.66. The first-order valence-corrected chi connectivity index (χ1v) is 7.57. The van der Waals surface area contributed by atoms with Gasteiger partial charge >= 0.3 is 0 Å². The Balaban J connectivity index is 2.04. The lowest BCUT2D eigenvalue weighted by Crippen LogP contribution is -2.34. The van der Waals surface area contributed by atoms with E-state index in [2.05, 4.69) is 26.0 Å². The zero-order valence-corrected chi connectivity index (χ0v) is 12.0. The number of rotatable bonds is 5. The molecule has 2 atom stereocenters. The van der Waals surface area contributed by atoms with Crippen LogP contribution in [-0.4, -0.2) is 25.4 Å². The van der Waals surface area contributed by atoms with E-state index in [0.717, 1.165) is 32.5 Å². The van der Waals surface area contributed by atoms with Crippen LogP contribution in [-0.2, 0) is 9.47 Å². The summed E-state index contributed by atoms with van der Waals surface area (Å²) in [5.41, 5.74) is 6.23. The Morgan fingerprint density at radius 3 is 2.72 bits per heavy atom. The maximum absolute atomic E-state index is 6.25. The van der Waals surface area contributed by atoms with Crippen molar-refractivity contribution in [3.05, 3.63) is 21.9 Å². The van der Waals surface area contributed by atoms with Crippen LogP contribution in [0.3, 0.4) is 0 Å². The molecule has 1 aliphatic heterocycles. The minimum Gasteiger partial charge on any atom is -0.381 e. The molecule has 0 aromatic carbocycles. The van der Waals surface area contributed by atoms with Gasteiger partial charge in [0.05, 0.1) is 6.10 Å². The summed E-state index contributed by atoms with van der Waals surface area (Å²) in [6.07, 6.45) is 3.24. The quantitative estimate of drug-likeness (QED) is 0.893. The predicted octanol–water partition coefficient (Wildman–Crippen LogP) is 3.03. The Labute approximate surface area is 113 Å². The Morgan fingerprint density at radius 1 is 1.44 bits per heavy atom. The lowest BCUT2D eigenvalue weighted by atomic mass is 10.1. The maximum atomic E-state index is 6.25. The molecule has 3 nitrogen and oxygen atoms in total. The van der Waals surface area contributed by atoms with E-state index in [1.165, 1.54) is 9.75 Å². The molecule has 0 bridgehead atoms. The highest BCUT2D eigenvalue weighted by Gasteiger charge is 2.25. The van der Waals surface area contributed by atoms with E-state index in [1.54, 1.807) is 11.3 Å². The van der Waals surface area contributed by atoms with Crippen molar-refractivity contribution in [1.29, 1.82) is 0 Å². The lowest BCUT2D eigenvalue weighted by molar-refractivity contribution is -0.0766. The van der Waals surface area contributed by atoms with E-state index >= 15 is 0 Å². The molecular formula is C14H23NO2S. The SMILES string of the molecule is CCC(N)C(OC1CCOCC1)c1ccc(C)s1. The molecule has 0 aliphatic carbocycles. The van der Waals surface area contributed by atoms with E-state index in [-0.39, 0.29) is 12.1 Å². The molecule has 1 aromatic heterocycles. The van der Waals surface area contributed by atoms with Gasteiger partial charge in [0.25, 0.3) is 0 Å². The van der Waals surface area contributed by atoms with Crippen molar-refractivity contribution >= 4 is 11.3 Å². The number of hydrogen-bond acceptors (Lipinski definition) is 4. The number of hydrogen-bond donors (Lipinski definition) is 1. The molecule has 102 valence electrons. The van der Waals surface area contributed by atoms with E-state index in [0.29, 0.717) is 6.10 Å². The van der Waals surface area contributed by atoms with Crippen LogP contribution in [0.1, 0.15) is 42.0 Å². The molecule has 0 saturated carbocycles. The molecule has 1 aromatic rings. The Hall–Kier alpha value is -0.420. The van der Waals surface area contributed by atoms with Gasteiger partial charge in [0, 0.05) is 29.0 Å². The van der Waals surface area contributed by atoms with Crippen molar-refractivity contribution in [2.24, 2.45) is 5.73 Å². The summed E-state index contributed by atoms with van der Waals surface area (Å²) in [4.78, 5) is 2.57. The van der Waals surface area contributed by atoms with E-state index in [1.807, 2.05) is 0 Å². The smallest absolute Gasteiger partial charge is 0.107 e. The maximum Gasteiger partial charge on any atom is 0.107 e. The predicted molar refractivity (Wildman–Crippen MR) is 75.0 cm³/mol. The number of aryl methyl sites for hydroxylation is 1. The van der Waals surface area contributed by atoms with Crippen molar-refractivity contribution in [3.8, 4) is 0 Å². The fourth-order valence-corrected chi connectivity index (χ4v) is 3.21. The molecule has 2 N–H and O–H groups in total. The fraction of sp³-hybridized carbons (Fsp3) is 0.714. The van der Waals surface area contributed by atoms with Crippen LogP contribution < -0.4 is 5.73 Å². The molecule has 0 radical (unpaired) electrons. The summed E-state index contributed by atoms with van der Waals surface area (Å²) in [5.74, 6) is 0. The normalized spacial score (nSPS) is 20.8. The molecule has 0 spiro atoms. The van der Waals surface area contributed by atoms with E-state index in [4.69, 9.17) is 15.2 Å². The summed E-state index contributed by atoms with van der Waals surface area (Å²) < 4.78 is 11.6. The van der Waals surface area contributed by atoms with Crippen LogP contribution in [0.2, 0.25) is 0 Å². The molecule has 2 unspecified atom stereocenters. The number of ether oxygens (including phenoxy) is 2. The average Bonchev–Trinajstić information content (AvgIpc) is 2.83. The monoisotopic (exact) mass is 269 g/mol. The zero-order chi connectivity index (χ0) is 13.0. The molecule has 1 fully saturated rings. The zero-order valence-electron chi connectivity index (χ0n) is 11.2. The van der Waals surface area contributed by atoms with Gasteiger partial charge in [0.2, 0.25) is 0 Å². The van der Waals surface area contributed by atoms with Crippen LogP contribution >= 0.6 is 11.3 Å². The average molecular weight is 269 g/mol. The van der Waals surface area contributed by atoms with Gasteiger partial charge in [0.15, 0.2) is 0 Å². The summed E-state index contributed by atoms with van der Waals surface area (Å²) >= 11 is 1.79. The van der Waals surface area contributed by atoms with Crippen LogP contribution in [0.25, 0.3) is 0 Å². The largest absolute Gasteiger partial charge is 0.381 e. The van der Waals surface area contributed by atoms with Crippen molar-refractivity contribution in [1.82, 2.24) is 0 Å². The van der Waals surface area contributed by atoms with Gasteiger partial charge in [-0.2, -0.15) is 0 Å². The first-order chi connectivity index (χ1) is 8.70. The van der Waals surface area contributed by atoms with E-state index < -0.39 is 0 Å². The first-order valence-electron chi connectivity index (χ1n) is 6.75. The van der Waals surface area contributed by atoms with Crippen molar-refractivity contribution < 1.29 is 9.47 Å². The van der Waals surface area contributed by atoms with Crippen LogP contribution in [0.5, 0.6) is 0 Å². The molecular weight excluding hydrogens is 246 g/mol. The third kappa shape index (κ3) is 3.54. The number of thiophene rings is 1. The topological polar surface area (TPSA) is 44.5 Å². The van der Waals surface area contributed by atoms with Crippen LogP contribution in [0, 0.1) is 6.92 Å². The molecule has 1 aliphatic rings. The highest BCUT2D eigenvalue weighted by Crippen LogP contribution is 2.31. The molecule has 2 rings (SSSR count). The minimum absolute atomic E-state index is 0.0387. The second-order valence-corrected chi connectivity index (χ2v) is 6.21. The first kappa shape index (κ1) is 14.0. The Bertz CT molecular complexity index is 360. The van der Waals surface area contributed by atoms with Gasteiger partial charge in [-0.1, -0.05) is 6.92 Å².